The van der Waals surface area contributed by atoms with Crippen LogP contribution >= 0.6 is 0 Å². The van der Waals surface area contributed by atoms with Gasteiger partial charge < -0.3 is 25.4 Å². The predicted octanol–water partition coefficient (Wildman–Crippen LogP) is 6.13. The van der Waals surface area contributed by atoms with Crippen LogP contribution in [-0.2, 0) is 27.3 Å². The number of ether oxygens (including phenoxy) is 1. The van der Waals surface area contributed by atoms with Crippen LogP contribution in [0, 0.1) is 13.8 Å². The third-order valence-electron chi connectivity index (χ3n) is 7.37. The predicted molar refractivity (Wildman–Crippen MR) is 169 cm³/mol. The molecule has 0 aromatic heterocycles. The summed E-state index contributed by atoms with van der Waals surface area (Å²) in [5.74, 6) is -0.634. The van der Waals surface area contributed by atoms with Gasteiger partial charge in [0.2, 0.25) is 11.8 Å². The maximum Gasteiger partial charge on any atom is 0.408 e. The van der Waals surface area contributed by atoms with Gasteiger partial charge in [-0.15, -0.1) is 0 Å². The van der Waals surface area contributed by atoms with Crippen molar-refractivity contribution in [2.45, 2.75) is 91.6 Å². The van der Waals surface area contributed by atoms with E-state index in [1.54, 1.807) is 37.8 Å². The van der Waals surface area contributed by atoms with E-state index in [-0.39, 0.29) is 24.1 Å². The Hall–Kier alpha value is -4.33. The fourth-order valence-electron chi connectivity index (χ4n) is 4.75. The number of aryl methyl sites for hydroxylation is 2. The Morgan fingerprint density at radius 1 is 0.907 bits per heavy atom. The van der Waals surface area contributed by atoms with Crippen LogP contribution in [0.5, 0.6) is 5.75 Å². The molecule has 0 radical (unpaired) electrons. The summed E-state index contributed by atoms with van der Waals surface area (Å²) in [7, 11) is 0. The van der Waals surface area contributed by atoms with Crippen LogP contribution in [0.2, 0.25) is 0 Å². The molecule has 0 aliphatic heterocycles. The number of carbonyl (C=O) groups is 3. The molecule has 3 rings (SSSR count). The van der Waals surface area contributed by atoms with Gasteiger partial charge in [0.1, 0.15) is 23.4 Å². The molecule has 3 N–H and O–H groups in total. The minimum atomic E-state index is -1.04. The van der Waals surface area contributed by atoms with Gasteiger partial charge in [-0.25, -0.2) is 4.79 Å². The minimum Gasteiger partial charge on any atom is -0.508 e. The molecule has 3 aromatic carbocycles. The lowest BCUT2D eigenvalue weighted by atomic mass is 9.95. The lowest BCUT2D eigenvalue weighted by Crippen LogP contribution is -2.56. The molecule has 8 nitrogen and oxygen atoms in total. The summed E-state index contributed by atoms with van der Waals surface area (Å²) >= 11 is 0. The van der Waals surface area contributed by atoms with Gasteiger partial charge in [-0.2, -0.15) is 0 Å². The Balaban J connectivity index is 2.06. The Morgan fingerprint density at radius 2 is 1.56 bits per heavy atom. The maximum absolute atomic E-state index is 14.6. The standard InChI is InChI=1S/C35H45N3O5/c1-8-25(4)38(33(41)30(37-34(42)43-35(5,6)7)21-26-15-18-29(39)19-16-26)31(28-17-14-23(2)24(3)20-28)32(40)36-22-27-12-10-9-11-13-27/h9-20,25,30-31,39H,8,21-22H2,1-7H3,(H,36,40)(H,37,42). The number of phenolic OH excluding ortho intramolecular Hbond substituents is 1. The van der Waals surface area contributed by atoms with Crippen molar-refractivity contribution in [3.05, 3.63) is 101 Å². The van der Waals surface area contributed by atoms with Crippen LogP contribution in [0.1, 0.15) is 74.9 Å². The summed E-state index contributed by atoms with van der Waals surface area (Å²) in [5.41, 5.74) is 3.66. The first-order chi connectivity index (χ1) is 20.3. The third kappa shape index (κ3) is 9.60. The summed E-state index contributed by atoms with van der Waals surface area (Å²) in [6, 6.07) is 19.5. The normalized spacial score (nSPS) is 13.4. The highest BCUT2D eigenvalue weighted by molar-refractivity contribution is 5.92. The Morgan fingerprint density at radius 3 is 2.14 bits per heavy atom. The molecule has 3 atom stereocenters. The molecule has 230 valence electrons. The van der Waals surface area contributed by atoms with E-state index in [1.165, 1.54) is 12.1 Å². The number of benzene rings is 3. The highest BCUT2D eigenvalue weighted by Crippen LogP contribution is 2.28. The average Bonchev–Trinajstić information content (AvgIpc) is 2.95. The molecule has 0 spiro atoms. The number of alkyl carbamates (subject to hydrolysis) is 1. The maximum atomic E-state index is 14.6. The van der Waals surface area contributed by atoms with Crippen LogP contribution < -0.4 is 10.6 Å². The summed E-state index contributed by atoms with van der Waals surface area (Å²) < 4.78 is 5.51. The number of phenols is 1. The Bertz CT molecular complexity index is 1380. The van der Waals surface area contributed by atoms with E-state index in [0.717, 1.165) is 22.3 Å². The largest absolute Gasteiger partial charge is 0.508 e. The molecule has 0 saturated heterocycles. The molecule has 0 aliphatic carbocycles. The van der Waals surface area contributed by atoms with Crippen molar-refractivity contribution in [1.82, 2.24) is 15.5 Å². The number of aromatic hydroxyl groups is 1. The van der Waals surface area contributed by atoms with Crippen LogP contribution in [0.15, 0.2) is 72.8 Å². The highest BCUT2D eigenvalue weighted by atomic mass is 16.6. The molecule has 43 heavy (non-hydrogen) atoms. The van der Waals surface area contributed by atoms with Crippen molar-refractivity contribution < 1.29 is 24.2 Å². The van der Waals surface area contributed by atoms with E-state index in [9.17, 15) is 19.5 Å². The lowest BCUT2D eigenvalue weighted by molar-refractivity contribution is -0.145. The summed E-state index contributed by atoms with van der Waals surface area (Å²) in [6.07, 6.45) is -0.0152. The summed E-state index contributed by atoms with van der Waals surface area (Å²) in [4.78, 5) is 43.2. The van der Waals surface area contributed by atoms with Gasteiger partial charge in [-0.1, -0.05) is 67.6 Å². The topological polar surface area (TPSA) is 108 Å². The molecular formula is C35H45N3O5. The number of amides is 3. The second-order valence-corrected chi connectivity index (χ2v) is 12.0. The Labute approximate surface area is 255 Å². The van der Waals surface area contributed by atoms with Crippen LogP contribution in [0.4, 0.5) is 4.79 Å². The molecule has 0 bridgehead atoms. The van der Waals surface area contributed by atoms with Crippen molar-refractivity contribution in [2.75, 3.05) is 0 Å². The Kier molecular flexibility index (Phi) is 11.4. The highest BCUT2D eigenvalue weighted by Gasteiger charge is 2.38. The van der Waals surface area contributed by atoms with E-state index in [2.05, 4.69) is 10.6 Å². The zero-order chi connectivity index (χ0) is 31.7. The summed E-state index contributed by atoms with van der Waals surface area (Å²) in [6.45, 7) is 13.4. The van der Waals surface area contributed by atoms with Crippen molar-refractivity contribution in [1.29, 1.82) is 0 Å². The molecule has 8 heteroatoms. The minimum absolute atomic E-state index is 0.0952. The van der Waals surface area contributed by atoms with Gasteiger partial charge in [0.25, 0.3) is 0 Å². The number of hydrogen-bond donors (Lipinski definition) is 3. The first-order valence-corrected chi connectivity index (χ1v) is 14.8. The second kappa shape index (κ2) is 14.7. The lowest BCUT2D eigenvalue weighted by Gasteiger charge is -2.38. The van der Waals surface area contributed by atoms with Crippen molar-refractivity contribution in [3.8, 4) is 5.75 Å². The molecular weight excluding hydrogens is 542 g/mol. The molecule has 3 aromatic rings. The first-order valence-electron chi connectivity index (χ1n) is 14.8. The molecule has 0 aliphatic rings. The van der Waals surface area contributed by atoms with Gasteiger partial charge in [0, 0.05) is 19.0 Å². The molecule has 3 amide bonds. The fraction of sp³-hybridized carbons (Fsp3) is 0.400. The van der Waals surface area contributed by atoms with Gasteiger partial charge in [-0.3, -0.25) is 9.59 Å². The number of carbonyl (C=O) groups excluding carboxylic acids is 3. The first kappa shape index (κ1) is 33.2. The zero-order valence-corrected chi connectivity index (χ0v) is 26.3. The van der Waals surface area contributed by atoms with E-state index in [1.807, 2.05) is 76.2 Å². The van der Waals surface area contributed by atoms with Crippen molar-refractivity contribution in [2.24, 2.45) is 0 Å². The number of rotatable bonds is 11. The van der Waals surface area contributed by atoms with Crippen LogP contribution in [0.25, 0.3) is 0 Å². The van der Waals surface area contributed by atoms with Crippen LogP contribution in [0.3, 0.4) is 0 Å². The monoisotopic (exact) mass is 587 g/mol. The van der Waals surface area contributed by atoms with E-state index >= 15 is 0 Å². The van der Waals surface area contributed by atoms with Crippen LogP contribution in [-0.4, -0.2) is 45.6 Å². The molecule has 0 fully saturated rings. The van der Waals surface area contributed by atoms with Gasteiger partial charge >= 0.3 is 6.09 Å². The summed E-state index contributed by atoms with van der Waals surface area (Å²) in [5, 5.41) is 15.6. The van der Waals surface area contributed by atoms with E-state index in [0.29, 0.717) is 18.5 Å². The third-order valence-corrected chi connectivity index (χ3v) is 7.37. The average molecular weight is 588 g/mol. The molecule has 3 unspecified atom stereocenters. The number of hydrogen-bond acceptors (Lipinski definition) is 5. The van der Waals surface area contributed by atoms with E-state index in [4.69, 9.17) is 4.74 Å². The fourth-order valence-corrected chi connectivity index (χ4v) is 4.75. The zero-order valence-electron chi connectivity index (χ0n) is 26.3. The smallest absolute Gasteiger partial charge is 0.408 e. The van der Waals surface area contributed by atoms with Gasteiger partial charge in [0.15, 0.2) is 0 Å². The molecule has 0 saturated carbocycles. The number of nitrogens with one attached hydrogen (secondary N) is 2. The van der Waals surface area contributed by atoms with E-state index < -0.39 is 29.7 Å². The van der Waals surface area contributed by atoms with Crippen molar-refractivity contribution in [3.63, 3.8) is 0 Å². The van der Waals surface area contributed by atoms with Crippen molar-refractivity contribution >= 4 is 17.9 Å². The quantitative estimate of drug-likeness (QED) is 0.250. The molecule has 0 heterocycles. The SMILES string of the molecule is CCC(C)N(C(=O)C(Cc1ccc(O)cc1)NC(=O)OC(C)(C)C)C(C(=O)NCc1ccccc1)c1ccc(C)c(C)c1. The van der Waals surface area contributed by atoms with Gasteiger partial charge in [0.05, 0.1) is 0 Å². The second-order valence-electron chi connectivity index (χ2n) is 12.0. The number of nitrogens with zero attached hydrogens (tertiary/aromatic N) is 1. The van der Waals surface area contributed by atoms with Gasteiger partial charge in [-0.05, 0) is 87.9 Å².